The van der Waals surface area contributed by atoms with E-state index in [0.29, 0.717) is 17.9 Å². The van der Waals surface area contributed by atoms with Crippen LogP contribution in [0.1, 0.15) is 12.0 Å². The Hall–Kier alpha value is -2.02. The molecule has 0 unspecified atom stereocenters. The zero-order valence-electron chi connectivity index (χ0n) is 12.0. The van der Waals surface area contributed by atoms with Crippen LogP contribution in [-0.2, 0) is 11.0 Å². The van der Waals surface area contributed by atoms with Gasteiger partial charge in [0, 0.05) is 28.8 Å². The van der Waals surface area contributed by atoms with Gasteiger partial charge < -0.3 is 10.6 Å². The number of nitrogens with one attached hydrogen (secondary N) is 2. The quantitative estimate of drug-likeness (QED) is 0.766. The van der Waals surface area contributed by atoms with Crippen molar-refractivity contribution in [3.63, 3.8) is 0 Å². The molecule has 7 heteroatoms. The van der Waals surface area contributed by atoms with E-state index in [2.05, 4.69) is 26.6 Å². The molecule has 0 saturated heterocycles. The van der Waals surface area contributed by atoms with Crippen LogP contribution in [-0.4, -0.2) is 12.5 Å². The monoisotopic (exact) mass is 386 g/mol. The Morgan fingerprint density at radius 3 is 2.35 bits per heavy atom. The molecule has 3 nitrogen and oxygen atoms in total. The molecule has 0 bridgehead atoms. The van der Waals surface area contributed by atoms with Gasteiger partial charge in [-0.25, -0.2) is 0 Å². The number of carbonyl (C=O) groups is 1. The van der Waals surface area contributed by atoms with E-state index in [0.717, 1.165) is 16.6 Å². The molecule has 0 atom stereocenters. The minimum atomic E-state index is -4.34. The van der Waals surface area contributed by atoms with Gasteiger partial charge in [0.15, 0.2) is 0 Å². The summed E-state index contributed by atoms with van der Waals surface area (Å²) >= 11 is 3.31. The fourth-order valence-corrected chi connectivity index (χ4v) is 2.29. The number of amides is 1. The molecule has 0 heterocycles. The molecule has 23 heavy (non-hydrogen) atoms. The molecule has 0 spiro atoms. The van der Waals surface area contributed by atoms with Crippen LogP contribution in [0.15, 0.2) is 53.0 Å². The van der Waals surface area contributed by atoms with Crippen LogP contribution in [0.4, 0.5) is 24.5 Å². The molecule has 0 aromatic heterocycles. The molecule has 0 radical (unpaired) electrons. The van der Waals surface area contributed by atoms with Crippen LogP contribution in [0.25, 0.3) is 0 Å². The van der Waals surface area contributed by atoms with E-state index < -0.39 is 11.7 Å². The molecule has 2 rings (SSSR count). The number of alkyl halides is 3. The molecular formula is C16H14BrF3N2O. The summed E-state index contributed by atoms with van der Waals surface area (Å²) < 4.78 is 38.2. The van der Waals surface area contributed by atoms with Gasteiger partial charge in [-0.05, 0) is 42.5 Å². The molecular weight excluding hydrogens is 373 g/mol. The highest BCUT2D eigenvalue weighted by Gasteiger charge is 2.29. The van der Waals surface area contributed by atoms with Crippen LogP contribution in [0.2, 0.25) is 0 Å². The maximum absolute atomic E-state index is 12.4. The second kappa shape index (κ2) is 7.50. The molecule has 0 aliphatic carbocycles. The molecule has 1 amide bonds. The Labute approximate surface area is 140 Å². The average molecular weight is 387 g/mol. The number of carbonyl (C=O) groups excluding carboxylic acids is 1. The SMILES string of the molecule is O=C(CCNc1ccc(C(F)(F)F)cc1)Nc1cccc(Br)c1. The van der Waals surface area contributed by atoms with Gasteiger partial charge in [0.2, 0.25) is 5.91 Å². The van der Waals surface area contributed by atoms with Crippen molar-refractivity contribution in [3.05, 3.63) is 58.6 Å². The van der Waals surface area contributed by atoms with E-state index in [9.17, 15) is 18.0 Å². The van der Waals surface area contributed by atoms with Crippen LogP contribution >= 0.6 is 15.9 Å². The molecule has 2 N–H and O–H groups in total. The van der Waals surface area contributed by atoms with Crippen LogP contribution in [0.5, 0.6) is 0 Å². The first-order valence-corrected chi connectivity index (χ1v) is 7.60. The van der Waals surface area contributed by atoms with Crippen molar-refractivity contribution in [1.82, 2.24) is 0 Å². The van der Waals surface area contributed by atoms with Crippen molar-refractivity contribution < 1.29 is 18.0 Å². The van der Waals surface area contributed by atoms with E-state index in [1.807, 2.05) is 6.07 Å². The maximum Gasteiger partial charge on any atom is 0.416 e. The lowest BCUT2D eigenvalue weighted by molar-refractivity contribution is -0.137. The fraction of sp³-hybridized carbons (Fsp3) is 0.188. The number of hydrogen-bond acceptors (Lipinski definition) is 2. The van der Waals surface area contributed by atoms with Crippen molar-refractivity contribution in [2.24, 2.45) is 0 Å². The highest BCUT2D eigenvalue weighted by molar-refractivity contribution is 9.10. The summed E-state index contributed by atoms with van der Waals surface area (Å²) in [5.74, 6) is -0.178. The maximum atomic E-state index is 12.4. The Kier molecular flexibility index (Phi) is 5.65. The van der Waals surface area contributed by atoms with E-state index in [-0.39, 0.29) is 12.3 Å². The zero-order chi connectivity index (χ0) is 16.9. The fourth-order valence-electron chi connectivity index (χ4n) is 1.89. The van der Waals surface area contributed by atoms with Gasteiger partial charge in [0.05, 0.1) is 5.56 Å². The largest absolute Gasteiger partial charge is 0.416 e. The second-order valence-corrected chi connectivity index (χ2v) is 5.73. The van der Waals surface area contributed by atoms with Gasteiger partial charge in [0.25, 0.3) is 0 Å². The molecule has 2 aromatic carbocycles. The third kappa shape index (κ3) is 5.59. The van der Waals surface area contributed by atoms with Crippen molar-refractivity contribution in [2.45, 2.75) is 12.6 Å². The summed E-state index contributed by atoms with van der Waals surface area (Å²) in [5.41, 5.74) is 0.516. The molecule has 0 aliphatic heterocycles. The van der Waals surface area contributed by atoms with Crippen molar-refractivity contribution in [3.8, 4) is 0 Å². The second-order valence-electron chi connectivity index (χ2n) is 4.81. The van der Waals surface area contributed by atoms with Crippen molar-refractivity contribution in [1.29, 1.82) is 0 Å². The minimum absolute atomic E-state index is 0.178. The summed E-state index contributed by atoms with van der Waals surface area (Å²) in [4.78, 5) is 11.8. The van der Waals surface area contributed by atoms with E-state index in [1.54, 1.807) is 18.2 Å². The summed E-state index contributed by atoms with van der Waals surface area (Å²) in [6.45, 7) is 0.325. The Bertz CT molecular complexity index is 672. The molecule has 2 aromatic rings. The first kappa shape index (κ1) is 17.3. The number of benzene rings is 2. The van der Waals surface area contributed by atoms with Crippen LogP contribution < -0.4 is 10.6 Å². The van der Waals surface area contributed by atoms with Gasteiger partial charge in [-0.1, -0.05) is 22.0 Å². The van der Waals surface area contributed by atoms with E-state index in [1.165, 1.54) is 12.1 Å². The molecule has 0 saturated carbocycles. The molecule has 0 fully saturated rings. The predicted octanol–water partition coefficient (Wildman–Crippen LogP) is 4.91. The lowest BCUT2D eigenvalue weighted by atomic mass is 10.2. The first-order valence-electron chi connectivity index (χ1n) is 6.81. The Balaban J connectivity index is 1.79. The number of halogens is 4. The first-order chi connectivity index (χ1) is 10.8. The van der Waals surface area contributed by atoms with Gasteiger partial charge in [-0.15, -0.1) is 0 Å². The minimum Gasteiger partial charge on any atom is -0.385 e. The molecule has 122 valence electrons. The highest BCUT2D eigenvalue weighted by atomic mass is 79.9. The van der Waals surface area contributed by atoms with Gasteiger partial charge in [0.1, 0.15) is 0 Å². The lowest BCUT2D eigenvalue weighted by Gasteiger charge is -2.10. The summed E-state index contributed by atoms with van der Waals surface area (Å²) in [6.07, 6.45) is -4.14. The Morgan fingerprint density at radius 1 is 1.04 bits per heavy atom. The summed E-state index contributed by atoms with van der Waals surface area (Å²) in [5, 5.41) is 5.65. The third-order valence-electron chi connectivity index (χ3n) is 3.00. The van der Waals surface area contributed by atoms with Gasteiger partial charge in [-0.2, -0.15) is 13.2 Å². The normalized spacial score (nSPS) is 11.1. The average Bonchev–Trinajstić information content (AvgIpc) is 2.47. The van der Waals surface area contributed by atoms with Gasteiger partial charge >= 0.3 is 6.18 Å². The van der Waals surface area contributed by atoms with Crippen LogP contribution in [0.3, 0.4) is 0 Å². The topological polar surface area (TPSA) is 41.1 Å². The smallest absolute Gasteiger partial charge is 0.385 e. The standard InChI is InChI=1S/C16H14BrF3N2O/c17-12-2-1-3-14(10-12)22-15(23)8-9-21-13-6-4-11(5-7-13)16(18,19)20/h1-7,10,21H,8-9H2,(H,22,23). The Morgan fingerprint density at radius 2 is 1.74 bits per heavy atom. The van der Waals surface area contributed by atoms with Gasteiger partial charge in [-0.3, -0.25) is 4.79 Å². The number of anilines is 2. The van der Waals surface area contributed by atoms with E-state index >= 15 is 0 Å². The van der Waals surface area contributed by atoms with Crippen molar-refractivity contribution in [2.75, 3.05) is 17.2 Å². The predicted molar refractivity (Wildman–Crippen MR) is 87.3 cm³/mol. The summed E-state index contributed by atoms with van der Waals surface area (Å²) in [7, 11) is 0. The van der Waals surface area contributed by atoms with Crippen molar-refractivity contribution >= 4 is 33.2 Å². The number of hydrogen-bond donors (Lipinski definition) is 2. The van der Waals surface area contributed by atoms with E-state index in [4.69, 9.17) is 0 Å². The third-order valence-corrected chi connectivity index (χ3v) is 3.50. The molecule has 0 aliphatic rings. The zero-order valence-corrected chi connectivity index (χ0v) is 13.5. The summed E-state index contributed by atoms with van der Waals surface area (Å²) in [6, 6.07) is 11.9. The highest BCUT2D eigenvalue weighted by Crippen LogP contribution is 2.29. The number of rotatable bonds is 5. The van der Waals surface area contributed by atoms with Crippen LogP contribution in [0, 0.1) is 0 Å². The lowest BCUT2D eigenvalue weighted by Crippen LogP contribution is -2.16.